The summed E-state index contributed by atoms with van der Waals surface area (Å²) in [7, 11) is 0. The summed E-state index contributed by atoms with van der Waals surface area (Å²) in [5, 5.41) is 23.9. The Morgan fingerprint density at radius 2 is 1.70 bits per heavy atom. The van der Waals surface area contributed by atoms with E-state index in [1.165, 1.54) is 0 Å². The van der Waals surface area contributed by atoms with E-state index in [0.29, 0.717) is 41.2 Å². The van der Waals surface area contributed by atoms with Crippen molar-refractivity contribution in [1.82, 2.24) is 10.6 Å². The average molecular weight is 559 g/mol. The Morgan fingerprint density at radius 1 is 1.05 bits per heavy atom. The van der Waals surface area contributed by atoms with Gasteiger partial charge in [0.05, 0.1) is 11.8 Å². The van der Waals surface area contributed by atoms with Crippen LogP contribution in [0.15, 0.2) is 72.3 Å². The van der Waals surface area contributed by atoms with Gasteiger partial charge in [0.15, 0.2) is 0 Å². The Labute approximate surface area is 242 Å². The fraction of sp³-hybridized carbons (Fsp3) is 0.333. The van der Waals surface area contributed by atoms with E-state index in [1.54, 1.807) is 38.1 Å². The molecule has 3 rings (SSSR count). The Bertz CT molecular complexity index is 1430. The maximum absolute atomic E-state index is 13.8. The number of hydrogen-bond donors (Lipinski definition) is 4. The van der Waals surface area contributed by atoms with Gasteiger partial charge in [-0.3, -0.25) is 9.59 Å². The molecular formula is C33H39ClN4O2. The molecule has 2 aromatic rings. The summed E-state index contributed by atoms with van der Waals surface area (Å²) in [5.41, 5.74) is 5.66. The molecular weight excluding hydrogens is 520 g/mol. The van der Waals surface area contributed by atoms with E-state index >= 15 is 0 Å². The van der Waals surface area contributed by atoms with Gasteiger partial charge in [-0.15, -0.1) is 0 Å². The van der Waals surface area contributed by atoms with Crippen molar-refractivity contribution in [3.8, 4) is 0 Å². The molecule has 40 heavy (non-hydrogen) atoms. The molecule has 0 saturated heterocycles. The van der Waals surface area contributed by atoms with Gasteiger partial charge in [-0.1, -0.05) is 66.2 Å². The van der Waals surface area contributed by atoms with Crippen LogP contribution in [0.5, 0.6) is 0 Å². The number of Topliss-reactive ketones (excluding diaryl/α,β-unsaturated/α-hetero) is 1. The predicted octanol–water partition coefficient (Wildman–Crippen LogP) is 6.83. The zero-order chi connectivity index (χ0) is 29.8. The van der Waals surface area contributed by atoms with Gasteiger partial charge >= 0.3 is 0 Å². The van der Waals surface area contributed by atoms with Crippen molar-refractivity contribution in [2.24, 2.45) is 0 Å². The van der Waals surface area contributed by atoms with Gasteiger partial charge in [0, 0.05) is 40.4 Å². The van der Waals surface area contributed by atoms with Crippen molar-refractivity contribution < 1.29 is 9.59 Å². The molecule has 1 amide bonds. The number of nitrogens with one attached hydrogen (secondary N) is 4. The number of benzene rings is 2. The molecule has 0 aromatic heterocycles. The lowest BCUT2D eigenvalue weighted by Crippen LogP contribution is -2.42. The number of amides is 1. The van der Waals surface area contributed by atoms with Crippen LogP contribution in [-0.4, -0.2) is 35.7 Å². The summed E-state index contributed by atoms with van der Waals surface area (Å²) in [6.07, 6.45) is 1.27. The highest BCUT2D eigenvalue weighted by atomic mass is 35.5. The highest BCUT2D eigenvalue weighted by molar-refractivity contribution is 6.49. The molecule has 0 bridgehead atoms. The molecule has 4 N–H and O–H groups in total. The van der Waals surface area contributed by atoms with Gasteiger partial charge in [-0.05, 0) is 81.9 Å². The SMILES string of the molecule is C=C(C)CNC(C)C(=O)NCc1ccccc1C(=O)C(=N)C1(c2cc(/C(C(C)=N)=C(\C)C(=C)C)ccc2Cl)CC1. The van der Waals surface area contributed by atoms with E-state index in [1.807, 2.05) is 39.0 Å². The van der Waals surface area contributed by atoms with Gasteiger partial charge in [-0.25, -0.2) is 0 Å². The van der Waals surface area contributed by atoms with Crippen LogP contribution in [0, 0.1) is 10.8 Å². The third-order valence-corrected chi connectivity index (χ3v) is 7.76. The van der Waals surface area contributed by atoms with E-state index in [2.05, 4.69) is 23.8 Å². The van der Waals surface area contributed by atoms with Crippen LogP contribution in [0.1, 0.15) is 74.5 Å². The van der Waals surface area contributed by atoms with E-state index in [9.17, 15) is 9.59 Å². The lowest BCUT2D eigenvalue weighted by atomic mass is 9.83. The van der Waals surface area contributed by atoms with Gasteiger partial charge in [0.1, 0.15) is 0 Å². The standard InChI is InChI=1S/C33H39ClN4O2/c1-19(2)17-37-23(7)32(40)38-18-25-10-8-9-11-26(25)30(39)31(36)33(14-15-33)27-16-24(12-13-28(27)34)29(22(6)35)21(5)20(3)4/h8-13,16,23,35-37H,1,3,14-15,17-18H2,2,4-7H3,(H,38,40)/b29-21+,35-22?,36-31?. The van der Waals surface area contributed by atoms with Gasteiger partial charge in [0.2, 0.25) is 11.7 Å². The molecule has 0 spiro atoms. The average Bonchev–Trinajstić information content (AvgIpc) is 3.72. The Morgan fingerprint density at radius 3 is 2.27 bits per heavy atom. The molecule has 1 fully saturated rings. The van der Waals surface area contributed by atoms with Crippen LogP contribution >= 0.6 is 11.6 Å². The lowest BCUT2D eigenvalue weighted by Gasteiger charge is -2.21. The maximum atomic E-state index is 13.8. The van der Waals surface area contributed by atoms with E-state index in [0.717, 1.165) is 33.4 Å². The van der Waals surface area contributed by atoms with E-state index in [-0.39, 0.29) is 23.9 Å². The second kappa shape index (κ2) is 12.7. The van der Waals surface area contributed by atoms with Crippen LogP contribution in [0.3, 0.4) is 0 Å². The first-order valence-corrected chi connectivity index (χ1v) is 13.8. The summed E-state index contributed by atoms with van der Waals surface area (Å²) in [6.45, 7) is 17.8. The van der Waals surface area contributed by atoms with Crippen LogP contribution in [0.4, 0.5) is 0 Å². The highest BCUT2D eigenvalue weighted by Gasteiger charge is 2.52. The minimum Gasteiger partial charge on any atom is -0.351 e. The fourth-order valence-corrected chi connectivity index (χ4v) is 5.06. The highest BCUT2D eigenvalue weighted by Crippen LogP contribution is 2.52. The molecule has 1 atom stereocenters. The summed E-state index contributed by atoms with van der Waals surface area (Å²) >= 11 is 6.68. The summed E-state index contributed by atoms with van der Waals surface area (Å²) < 4.78 is 0. The molecule has 7 heteroatoms. The Hall–Kier alpha value is -3.61. The zero-order valence-electron chi connectivity index (χ0n) is 24.1. The minimum atomic E-state index is -0.792. The van der Waals surface area contributed by atoms with Crippen molar-refractivity contribution in [2.75, 3.05) is 6.54 Å². The lowest BCUT2D eigenvalue weighted by molar-refractivity contribution is -0.122. The minimum absolute atomic E-state index is 0.0180. The number of hydrogen-bond acceptors (Lipinski definition) is 5. The normalized spacial score (nSPS) is 14.9. The van der Waals surface area contributed by atoms with Gasteiger partial charge in [0.25, 0.3) is 0 Å². The van der Waals surface area contributed by atoms with Crippen molar-refractivity contribution in [3.05, 3.63) is 99.6 Å². The first-order valence-electron chi connectivity index (χ1n) is 13.4. The first-order chi connectivity index (χ1) is 18.8. The van der Waals surface area contributed by atoms with E-state index in [4.69, 9.17) is 22.4 Å². The Balaban J connectivity index is 1.89. The molecule has 1 saturated carbocycles. The van der Waals surface area contributed by atoms with Crippen molar-refractivity contribution in [2.45, 2.75) is 65.5 Å². The van der Waals surface area contributed by atoms with Crippen LogP contribution in [0.2, 0.25) is 5.02 Å². The third-order valence-electron chi connectivity index (χ3n) is 7.43. The quantitative estimate of drug-likeness (QED) is 0.0936. The molecule has 2 aromatic carbocycles. The molecule has 1 unspecified atom stereocenters. The van der Waals surface area contributed by atoms with Crippen LogP contribution in [0.25, 0.3) is 5.57 Å². The first kappa shape index (κ1) is 30.9. The second-order valence-electron chi connectivity index (χ2n) is 10.8. The number of halogens is 1. The zero-order valence-corrected chi connectivity index (χ0v) is 24.8. The number of ketones is 1. The fourth-order valence-electron chi connectivity index (χ4n) is 4.76. The molecule has 0 aliphatic heterocycles. The van der Waals surface area contributed by atoms with Crippen molar-refractivity contribution >= 4 is 40.3 Å². The van der Waals surface area contributed by atoms with Crippen LogP contribution in [-0.2, 0) is 16.8 Å². The molecule has 1 aliphatic carbocycles. The third kappa shape index (κ3) is 6.75. The largest absolute Gasteiger partial charge is 0.351 e. The number of allylic oxidation sites excluding steroid dienone is 3. The van der Waals surface area contributed by atoms with Crippen molar-refractivity contribution in [3.63, 3.8) is 0 Å². The summed E-state index contributed by atoms with van der Waals surface area (Å²) in [6, 6.07) is 12.2. The molecule has 210 valence electrons. The predicted molar refractivity (Wildman–Crippen MR) is 166 cm³/mol. The monoisotopic (exact) mass is 558 g/mol. The Kier molecular flexibility index (Phi) is 9.82. The van der Waals surface area contributed by atoms with Crippen molar-refractivity contribution in [1.29, 1.82) is 10.8 Å². The molecule has 1 aliphatic rings. The number of rotatable bonds is 13. The number of carbonyl (C=O) groups excluding carboxylic acids is 2. The summed E-state index contributed by atoms with van der Waals surface area (Å²) in [4.78, 5) is 26.4. The van der Waals surface area contributed by atoms with E-state index < -0.39 is 11.5 Å². The maximum Gasteiger partial charge on any atom is 0.237 e. The topological polar surface area (TPSA) is 106 Å². The second-order valence-corrected chi connectivity index (χ2v) is 11.2. The molecule has 0 radical (unpaired) electrons. The van der Waals surface area contributed by atoms with Crippen LogP contribution < -0.4 is 10.6 Å². The van der Waals surface area contributed by atoms with Gasteiger partial charge < -0.3 is 21.5 Å². The molecule has 0 heterocycles. The smallest absolute Gasteiger partial charge is 0.237 e. The molecule has 6 nitrogen and oxygen atoms in total. The number of carbonyl (C=O) groups is 2. The van der Waals surface area contributed by atoms with Gasteiger partial charge in [-0.2, -0.15) is 0 Å². The summed E-state index contributed by atoms with van der Waals surface area (Å²) in [5.74, 6) is -0.564.